The number of amides is 3. The van der Waals surface area contributed by atoms with E-state index in [9.17, 15) is 19.2 Å². The Morgan fingerprint density at radius 1 is 1.10 bits per heavy atom. The van der Waals surface area contributed by atoms with E-state index in [4.69, 9.17) is 4.74 Å². The van der Waals surface area contributed by atoms with Crippen molar-refractivity contribution in [1.82, 2.24) is 10.2 Å². The van der Waals surface area contributed by atoms with Crippen LogP contribution in [-0.4, -0.2) is 41.2 Å². The Morgan fingerprint density at radius 3 is 2.28 bits per heavy atom. The second-order valence-corrected chi connectivity index (χ2v) is 7.91. The minimum atomic E-state index is -0.944. The molecule has 1 N–H and O–H groups in total. The molecule has 7 nitrogen and oxygen atoms in total. The van der Waals surface area contributed by atoms with Crippen LogP contribution in [0, 0.1) is 18.8 Å². The van der Waals surface area contributed by atoms with E-state index in [1.807, 2.05) is 31.2 Å². The molecule has 156 valence electrons. The molecule has 1 aromatic carbocycles. The van der Waals surface area contributed by atoms with Crippen LogP contribution in [0.3, 0.4) is 0 Å². The topological polar surface area (TPSA) is 92.8 Å². The monoisotopic (exact) mass is 400 g/mol. The number of hydrogen-bond donors (Lipinski definition) is 1. The quantitative estimate of drug-likeness (QED) is 0.559. The molecule has 3 rings (SSSR count). The van der Waals surface area contributed by atoms with Crippen molar-refractivity contribution < 1.29 is 23.9 Å². The number of aryl methyl sites for hydroxylation is 1. The molecule has 1 saturated carbocycles. The van der Waals surface area contributed by atoms with E-state index >= 15 is 0 Å². The van der Waals surface area contributed by atoms with Crippen LogP contribution in [0.25, 0.3) is 0 Å². The fourth-order valence-corrected chi connectivity index (χ4v) is 4.00. The summed E-state index contributed by atoms with van der Waals surface area (Å²) in [4.78, 5) is 50.3. The number of rotatable bonds is 7. The van der Waals surface area contributed by atoms with Gasteiger partial charge in [0, 0.05) is 13.1 Å². The normalized spacial score (nSPS) is 22.2. The number of likely N-dealkylation sites (tertiary alicyclic amines) is 1. The summed E-state index contributed by atoms with van der Waals surface area (Å²) in [5, 5.41) is 2.73. The number of nitrogens with one attached hydrogen (secondary N) is 1. The second-order valence-electron chi connectivity index (χ2n) is 7.91. The number of hydrogen-bond acceptors (Lipinski definition) is 5. The Morgan fingerprint density at radius 2 is 1.69 bits per heavy atom. The summed E-state index contributed by atoms with van der Waals surface area (Å²) in [6.07, 6.45) is 2.37. The van der Waals surface area contributed by atoms with Crippen LogP contribution < -0.4 is 5.32 Å². The van der Waals surface area contributed by atoms with Crippen molar-refractivity contribution in [1.29, 1.82) is 0 Å². The summed E-state index contributed by atoms with van der Waals surface area (Å²) in [5.74, 6) is -1.78. The van der Waals surface area contributed by atoms with Gasteiger partial charge in [0.2, 0.25) is 11.8 Å². The molecule has 2 aliphatic rings. The third kappa shape index (κ3) is 5.02. The van der Waals surface area contributed by atoms with E-state index in [0.29, 0.717) is 6.54 Å². The van der Waals surface area contributed by atoms with Crippen LogP contribution in [0.4, 0.5) is 0 Å². The van der Waals surface area contributed by atoms with Crippen molar-refractivity contribution in [3.63, 3.8) is 0 Å². The van der Waals surface area contributed by atoms with Crippen molar-refractivity contribution >= 4 is 23.7 Å². The predicted molar refractivity (Wildman–Crippen MR) is 105 cm³/mol. The molecule has 0 radical (unpaired) electrons. The van der Waals surface area contributed by atoms with Crippen LogP contribution in [0.15, 0.2) is 24.3 Å². The van der Waals surface area contributed by atoms with Crippen molar-refractivity contribution in [2.24, 2.45) is 11.8 Å². The largest absolute Gasteiger partial charge is 0.452 e. The van der Waals surface area contributed by atoms with Crippen LogP contribution in [0.5, 0.6) is 0 Å². The number of carbonyl (C=O) groups excluding carboxylic acids is 4. The lowest BCUT2D eigenvalue weighted by molar-refractivity contribution is -0.155. The Bertz CT molecular complexity index is 765. The molecule has 1 saturated heterocycles. The van der Waals surface area contributed by atoms with Crippen LogP contribution in [0.2, 0.25) is 0 Å². The van der Waals surface area contributed by atoms with Crippen molar-refractivity contribution in [2.75, 3.05) is 6.54 Å². The Balaban J connectivity index is 1.42. The Kier molecular flexibility index (Phi) is 6.67. The first kappa shape index (κ1) is 21.0. The number of nitrogens with zero attached hydrogens (tertiary/aromatic N) is 1. The first-order chi connectivity index (χ1) is 13.9. The molecule has 7 heteroatoms. The van der Waals surface area contributed by atoms with Gasteiger partial charge in [-0.05, 0) is 32.3 Å². The highest BCUT2D eigenvalue weighted by Crippen LogP contribution is 2.37. The molecule has 2 fully saturated rings. The SMILES string of the molecule is Cc1ccc(CNC(=O)[C@H](C)OC(=O)CCN2C(=O)[C@H]3CCCC[C@@H]3C2=O)cc1. The fraction of sp³-hybridized carbons (Fsp3) is 0.545. The molecule has 0 aromatic heterocycles. The molecule has 3 amide bonds. The van der Waals surface area contributed by atoms with Gasteiger partial charge in [-0.3, -0.25) is 24.1 Å². The second kappa shape index (κ2) is 9.20. The number of fused-ring (bicyclic) bond motifs is 1. The molecule has 0 unspecified atom stereocenters. The lowest BCUT2D eigenvalue weighted by Gasteiger charge is -2.19. The molecule has 1 aliphatic carbocycles. The minimum absolute atomic E-state index is 0.0151. The van der Waals surface area contributed by atoms with Crippen molar-refractivity contribution in [3.05, 3.63) is 35.4 Å². The van der Waals surface area contributed by atoms with Gasteiger partial charge in [0.25, 0.3) is 5.91 Å². The predicted octanol–water partition coefficient (Wildman–Crippen LogP) is 2.11. The van der Waals surface area contributed by atoms with Crippen molar-refractivity contribution in [3.8, 4) is 0 Å². The standard InChI is InChI=1S/C22H28N2O5/c1-14-7-9-16(10-8-14)13-23-20(26)15(2)29-19(25)11-12-24-21(27)17-5-3-4-6-18(17)22(24)28/h7-10,15,17-18H,3-6,11-13H2,1-2H3,(H,23,26)/t15-,17-,18-/m0/s1. The van der Waals surface area contributed by atoms with Gasteiger partial charge in [-0.15, -0.1) is 0 Å². The molecule has 29 heavy (non-hydrogen) atoms. The first-order valence-corrected chi connectivity index (χ1v) is 10.2. The van der Waals surface area contributed by atoms with Gasteiger partial charge in [-0.2, -0.15) is 0 Å². The van der Waals surface area contributed by atoms with Gasteiger partial charge in [0.1, 0.15) is 0 Å². The minimum Gasteiger partial charge on any atom is -0.452 e. The van der Waals surface area contributed by atoms with Gasteiger partial charge >= 0.3 is 5.97 Å². The summed E-state index contributed by atoms with van der Waals surface area (Å²) in [5.41, 5.74) is 2.09. The van der Waals surface area contributed by atoms with Crippen LogP contribution in [-0.2, 0) is 30.5 Å². The molecular formula is C22H28N2O5. The molecule has 1 aliphatic heterocycles. The number of esters is 1. The number of carbonyl (C=O) groups is 4. The van der Waals surface area contributed by atoms with E-state index < -0.39 is 18.0 Å². The van der Waals surface area contributed by atoms with Gasteiger partial charge in [0.15, 0.2) is 6.10 Å². The van der Waals surface area contributed by atoms with E-state index in [0.717, 1.165) is 36.8 Å². The first-order valence-electron chi connectivity index (χ1n) is 10.2. The summed E-state index contributed by atoms with van der Waals surface area (Å²) >= 11 is 0. The molecular weight excluding hydrogens is 372 g/mol. The van der Waals surface area contributed by atoms with Gasteiger partial charge in [0.05, 0.1) is 18.3 Å². The summed E-state index contributed by atoms with van der Waals surface area (Å²) in [7, 11) is 0. The average molecular weight is 400 g/mol. The summed E-state index contributed by atoms with van der Waals surface area (Å²) in [6, 6.07) is 7.77. The summed E-state index contributed by atoms with van der Waals surface area (Å²) in [6.45, 7) is 3.85. The maximum atomic E-state index is 12.4. The highest BCUT2D eigenvalue weighted by Gasteiger charge is 2.47. The fourth-order valence-electron chi connectivity index (χ4n) is 4.00. The van der Waals surface area contributed by atoms with E-state index in [1.54, 1.807) is 0 Å². The average Bonchev–Trinajstić information content (AvgIpc) is 2.96. The van der Waals surface area contributed by atoms with E-state index in [2.05, 4.69) is 5.32 Å². The van der Waals surface area contributed by atoms with Gasteiger partial charge < -0.3 is 10.1 Å². The number of benzene rings is 1. The molecule has 1 aromatic rings. The molecule has 0 bridgehead atoms. The molecule has 0 spiro atoms. The van der Waals surface area contributed by atoms with Crippen molar-refractivity contribution in [2.45, 2.75) is 58.6 Å². The van der Waals surface area contributed by atoms with Gasteiger partial charge in [-0.25, -0.2) is 0 Å². The Labute approximate surface area is 170 Å². The third-order valence-corrected chi connectivity index (χ3v) is 5.74. The van der Waals surface area contributed by atoms with E-state index in [-0.39, 0.29) is 36.6 Å². The summed E-state index contributed by atoms with van der Waals surface area (Å²) < 4.78 is 5.17. The maximum absolute atomic E-state index is 12.4. The molecule has 3 atom stereocenters. The third-order valence-electron chi connectivity index (χ3n) is 5.74. The number of imide groups is 1. The highest BCUT2D eigenvalue weighted by atomic mass is 16.5. The Hall–Kier alpha value is -2.70. The molecule has 1 heterocycles. The zero-order chi connectivity index (χ0) is 21.0. The lowest BCUT2D eigenvalue weighted by Crippen LogP contribution is -2.37. The van der Waals surface area contributed by atoms with E-state index in [1.165, 1.54) is 11.8 Å². The lowest BCUT2D eigenvalue weighted by atomic mass is 9.81. The van der Waals surface area contributed by atoms with Crippen LogP contribution in [0.1, 0.15) is 50.2 Å². The smallest absolute Gasteiger partial charge is 0.308 e. The zero-order valence-electron chi connectivity index (χ0n) is 17.0. The zero-order valence-corrected chi connectivity index (χ0v) is 17.0. The maximum Gasteiger partial charge on any atom is 0.308 e. The van der Waals surface area contributed by atoms with Gasteiger partial charge in [-0.1, -0.05) is 42.7 Å². The van der Waals surface area contributed by atoms with Crippen LogP contribution >= 0.6 is 0 Å². The number of ether oxygens (including phenoxy) is 1. The highest BCUT2D eigenvalue weighted by molar-refractivity contribution is 6.05.